The molecule has 0 spiro atoms. The van der Waals surface area contributed by atoms with Crippen molar-refractivity contribution in [3.8, 4) is 11.5 Å². The second-order valence-corrected chi connectivity index (χ2v) is 6.95. The van der Waals surface area contributed by atoms with Crippen LogP contribution in [0.5, 0.6) is 11.5 Å². The van der Waals surface area contributed by atoms with E-state index in [-0.39, 0.29) is 24.0 Å². The van der Waals surface area contributed by atoms with Gasteiger partial charge in [0.2, 0.25) is 5.91 Å². The molecule has 0 aliphatic carbocycles. The molecule has 0 bridgehead atoms. The van der Waals surface area contributed by atoms with Gasteiger partial charge in [0.15, 0.2) is 11.5 Å². The Balaban J connectivity index is 1.53. The Hall–Kier alpha value is -2.96. The van der Waals surface area contributed by atoms with Crippen molar-refractivity contribution >= 4 is 40.7 Å². The van der Waals surface area contributed by atoms with Gasteiger partial charge in [-0.15, -0.1) is 0 Å². The minimum Gasteiger partial charge on any atom is -0.459 e. The van der Waals surface area contributed by atoms with Gasteiger partial charge >= 0.3 is 0 Å². The Morgan fingerprint density at radius 1 is 1.00 bits per heavy atom. The van der Waals surface area contributed by atoms with Crippen LogP contribution >= 0.6 is 23.2 Å². The lowest BCUT2D eigenvalue weighted by Crippen LogP contribution is -2.25. The molecule has 2 N–H and O–H groups in total. The summed E-state index contributed by atoms with van der Waals surface area (Å²) in [6.45, 7) is 0.344. The van der Waals surface area contributed by atoms with E-state index in [1.54, 1.807) is 54.6 Å². The molecule has 6 nitrogen and oxygen atoms in total. The van der Waals surface area contributed by atoms with E-state index in [1.807, 2.05) is 0 Å². The van der Waals surface area contributed by atoms with Gasteiger partial charge in [-0.3, -0.25) is 9.59 Å². The van der Waals surface area contributed by atoms with E-state index < -0.39 is 0 Å². The molecular formula is C21H18Cl2N2O4. The zero-order chi connectivity index (χ0) is 20.6. The Morgan fingerprint density at radius 2 is 1.76 bits per heavy atom. The highest BCUT2D eigenvalue weighted by molar-refractivity contribution is 6.31. The molecule has 29 heavy (non-hydrogen) atoms. The second-order valence-electron chi connectivity index (χ2n) is 6.08. The van der Waals surface area contributed by atoms with Gasteiger partial charge in [-0.25, -0.2) is 0 Å². The molecule has 0 saturated carbocycles. The SMILES string of the molecule is O=C(CCCNC(=O)c1ccco1)Nc1cc(Cl)ccc1Oc1ccc(Cl)cc1. The third-order valence-electron chi connectivity index (χ3n) is 3.87. The van der Waals surface area contributed by atoms with Gasteiger partial charge in [0.05, 0.1) is 12.0 Å². The third kappa shape index (κ3) is 6.27. The van der Waals surface area contributed by atoms with E-state index in [0.29, 0.717) is 40.2 Å². The Kier molecular flexibility index (Phi) is 7.16. The van der Waals surface area contributed by atoms with Gasteiger partial charge < -0.3 is 19.8 Å². The number of benzene rings is 2. The first-order valence-electron chi connectivity index (χ1n) is 8.86. The van der Waals surface area contributed by atoms with Crippen molar-refractivity contribution in [1.82, 2.24) is 5.32 Å². The predicted octanol–water partition coefficient (Wildman–Crippen LogP) is 5.53. The van der Waals surface area contributed by atoms with E-state index >= 15 is 0 Å². The van der Waals surface area contributed by atoms with Crippen LogP contribution in [-0.4, -0.2) is 18.4 Å². The molecule has 8 heteroatoms. The summed E-state index contributed by atoms with van der Waals surface area (Å²) in [5, 5.41) is 6.55. The number of hydrogen-bond acceptors (Lipinski definition) is 4. The number of ether oxygens (including phenoxy) is 1. The minimum atomic E-state index is -0.316. The standard InChI is InChI=1S/C21H18Cl2N2O4/c22-14-5-8-16(9-6-14)29-18-10-7-15(23)13-17(18)25-20(26)4-1-11-24-21(27)19-3-2-12-28-19/h2-3,5-10,12-13H,1,4,11H2,(H,24,27)(H,25,26). The van der Waals surface area contributed by atoms with Crippen LogP contribution in [0.2, 0.25) is 10.0 Å². The molecule has 2 aromatic carbocycles. The van der Waals surface area contributed by atoms with E-state index in [9.17, 15) is 9.59 Å². The highest BCUT2D eigenvalue weighted by Gasteiger charge is 2.11. The van der Waals surface area contributed by atoms with Crippen LogP contribution in [-0.2, 0) is 4.79 Å². The maximum Gasteiger partial charge on any atom is 0.286 e. The smallest absolute Gasteiger partial charge is 0.286 e. The molecule has 0 fully saturated rings. The average molecular weight is 433 g/mol. The number of halogens is 2. The first-order chi connectivity index (χ1) is 14.0. The van der Waals surface area contributed by atoms with Crippen LogP contribution in [0.25, 0.3) is 0 Å². The first kappa shape index (κ1) is 20.8. The van der Waals surface area contributed by atoms with Crippen LogP contribution in [0.3, 0.4) is 0 Å². The van der Waals surface area contributed by atoms with Crippen molar-refractivity contribution in [1.29, 1.82) is 0 Å². The first-order valence-corrected chi connectivity index (χ1v) is 9.61. The number of anilines is 1. The van der Waals surface area contributed by atoms with E-state index in [4.69, 9.17) is 32.4 Å². The van der Waals surface area contributed by atoms with E-state index in [2.05, 4.69) is 10.6 Å². The summed E-state index contributed by atoms with van der Waals surface area (Å²) in [5.74, 6) is 0.728. The lowest BCUT2D eigenvalue weighted by atomic mass is 10.2. The van der Waals surface area contributed by atoms with Crippen molar-refractivity contribution in [3.63, 3.8) is 0 Å². The van der Waals surface area contributed by atoms with Crippen LogP contribution in [0.4, 0.5) is 5.69 Å². The van der Waals surface area contributed by atoms with Gasteiger partial charge in [-0.05, 0) is 61.0 Å². The van der Waals surface area contributed by atoms with Gasteiger partial charge in [-0.1, -0.05) is 23.2 Å². The molecule has 2 amide bonds. The molecule has 0 aliphatic heterocycles. The zero-order valence-corrected chi connectivity index (χ0v) is 16.8. The highest BCUT2D eigenvalue weighted by atomic mass is 35.5. The zero-order valence-electron chi connectivity index (χ0n) is 15.3. The lowest BCUT2D eigenvalue weighted by molar-refractivity contribution is -0.116. The fourth-order valence-electron chi connectivity index (χ4n) is 2.48. The van der Waals surface area contributed by atoms with Gasteiger partial charge in [-0.2, -0.15) is 0 Å². The monoisotopic (exact) mass is 432 g/mol. The molecule has 0 atom stereocenters. The largest absolute Gasteiger partial charge is 0.459 e. The Labute approximate surface area is 177 Å². The molecule has 0 saturated heterocycles. The summed E-state index contributed by atoms with van der Waals surface area (Å²) < 4.78 is 10.8. The maximum atomic E-state index is 12.3. The number of rotatable bonds is 8. The number of carbonyl (C=O) groups is 2. The molecule has 3 aromatic rings. The normalized spacial score (nSPS) is 10.4. The fourth-order valence-corrected chi connectivity index (χ4v) is 2.78. The molecule has 0 unspecified atom stereocenters. The van der Waals surface area contributed by atoms with Crippen molar-refractivity contribution < 1.29 is 18.7 Å². The lowest BCUT2D eigenvalue weighted by Gasteiger charge is -2.13. The van der Waals surface area contributed by atoms with Gasteiger partial charge in [0.1, 0.15) is 5.75 Å². The summed E-state index contributed by atoms with van der Waals surface area (Å²) in [5.41, 5.74) is 0.456. The number of nitrogens with one attached hydrogen (secondary N) is 2. The number of carbonyl (C=O) groups excluding carboxylic acids is 2. The highest BCUT2D eigenvalue weighted by Crippen LogP contribution is 2.32. The number of furan rings is 1. The van der Waals surface area contributed by atoms with Gasteiger partial charge in [0.25, 0.3) is 5.91 Å². The van der Waals surface area contributed by atoms with E-state index in [0.717, 1.165) is 0 Å². The average Bonchev–Trinajstić information content (AvgIpc) is 3.24. The van der Waals surface area contributed by atoms with Crippen molar-refractivity contribution in [3.05, 3.63) is 76.7 Å². The van der Waals surface area contributed by atoms with Crippen LogP contribution in [0.15, 0.2) is 65.3 Å². The van der Waals surface area contributed by atoms with Crippen molar-refractivity contribution in [2.45, 2.75) is 12.8 Å². The molecule has 3 rings (SSSR count). The third-order valence-corrected chi connectivity index (χ3v) is 4.36. The van der Waals surface area contributed by atoms with Crippen molar-refractivity contribution in [2.75, 3.05) is 11.9 Å². The molecule has 1 heterocycles. The Morgan fingerprint density at radius 3 is 2.48 bits per heavy atom. The second kappa shape index (κ2) is 10.0. The summed E-state index contributed by atoms with van der Waals surface area (Å²) in [6, 6.07) is 15.0. The fraction of sp³-hybridized carbons (Fsp3) is 0.143. The van der Waals surface area contributed by atoms with Crippen LogP contribution < -0.4 is 15.4 Å². The summed E-state index contributed by atoms with van der Waals surface area (Å²) in [4.78, 5) is 24.1. The molecule has 0 aliphatic rings. The predicted molar refractivity (Wildman–Crippen MR) is 112 cm³/mol. The minimum absolute atomic E-state index is 0.214. The Bertz CT molecular complexity index is 973. The van der Waals surface area contributed by atoms with Crippen molar-refractivity contribution in [2.24, 2.45) is 0 Å². The maximum absolute atomic E-state index is 12.3. The topological polar surface area (TPSA) is 80.6 Å². The quantitative estimate of drug-likeness (QED) is 0.458. The number of hydrogen-bond donors (Lipinski definition) is 2. The number of amides is 2. The molecule has 1 aromatic heterocycles. The summed E-state index contributed by atoms with van der Waals surface area (Å²) in [6.07, 6.45) is 2.11. The molecule has 0 radical (unpaired) electrons. The molecule has 150 valence electrons. The van der Waals surface area contributed by atoms with Gasteiger partial charge in [0, 0.05) is 23.0 Å². The van der Waals surface area contributed by atoms with E-state index in [1.165, 1.54) is 6.26 Å². The van der Waals surface area contributed by atoms with Crippen LogP contribution in [0.1, 0.15) is 23.4 Å². The summed E-state index contributed by atoms with van der Waals surface area (Å²) in [7, 11) is 0. The summed E-state index contributed by atoms with van der Waals surface area (Å²) >= 11 is 11.9. The molecular weight excluding hydrogens is 415 g/mol. The van der Waals surface area contributed by atoms with Crippen LogP contribution in [0, 0.1) is 0 Å².